The first kappa shape index (κ1) is 12.6. The van der Waals surface area contributed by atoms with Gasteiger partial charge in [0.1, 0.15) is 6.54 Å². The maximum absolute atomic E-state index is 11.8. The first-order chi connectivity index (χ1) is 8.58. The number of benzene rings is 1. The van der Waals surface area contributed by atoms with Crippen molar-refractivity contribution in [2.24, 2.45) is 0 Å². The molecule has 0 spiro atoms. The van der Waals surface area contributed by atoms with E-state index in [-0.39, 0.29) is 19.0 Å². The Labute approximate surface area is 106 Å². The predicted octanol–water partition coefficient (Wildman–Crippen LogP) is 1.45. The number of aryl methyl sites for hydroxylation is 1. The van der Waals surface area contributed by atoms with E-state index in [0.717, 1.165) is 16.6 Å². The summed E-state index contributed by atoms with van der Waals surface area (Å²) in [7, 11) is 0. The number of carbonyl (C=O) groups is 1. The fraction of sp³-hybridized carbons (Fsp3) is 0.357. The first-order valence-electron chi connectivity index (χ1n) is 6.07. The molecule has 2 aromatic rings. The summed E-state index contributed by atoms with van der Waals surface area (Å²) in [4.78, 5) is 11.8. The Bertz CT molecular complexity index is 558. The van der Waals surface area contributed by atoms with Crippen LogP contribution in [0.1, 0.15) is 12.6 Å². The first-order valence-corrected chi connectivity index (χ1v) is 6.07. The van der Waals surface area contributed by atoms with Gasteiger partial charge in [-0.15, -0.1) is 0 Å². The molecule has 0 bridgehead atoms. The lowest BCUT2D eigenvalue weighted by Gasteiger charge is -2.10. The molecule has 0 unspecified atom stereocenters. The minimum atomic E-state index is -0.517. The molecule has 18 heavy (non-hydrogen) atoms. The summed E-state index contributed by atoms with van der Waals surface area (Å²) in [5, 5.41) is 13.0. The minimum Gasteiger partial charge on any atom is -0.392 e. The molecule has 0 radical (unpaired) electrons. The molecule has 0 saturated heterocycles. The lowest BCUT2D eigenvalue weighted by atomic mass is 10.2. The fourth-order valence-electron chi connectivity index (χ4n) is 2.02. The Morgan fingerprint density at radius 2 is 2.17 bits per heavy atom. The summed E-state index contributed by atoms with van der Waals surface area (Å²) in [6.45, 7) is 4.21. The number of aromatic nitrogens is 1. The van der Waals surface area contributed by atoms with Crippen LogP contribution >= 0.6 is 0 Å². The Balaban J connectivity index is 2.16. The van der Waals surface area contributed by atoms with Gasteiger partial charge in [0.2, 0.25) is 5.91 Å². The number of nitrogens with one attached hydrogen (secondary N) is 1. The van der Waals surface area contributed by atoms with E-state index < -0.39 is 6.10 Å². The Kier molecular flexibility index (Phi) is 3.67. The van der Waals surface area contributed by atoms with Crippen molar-refractivity contribution in [1.29, 1.82) is 0 Å². The second-order valence-electron chi connectivity index (χ2n) is 4.58. The second kappa shape index (κ2) is 5.23. The zero-order valence-electron chi connectivity index (χ0n) is 10.7. The van der Waals surface area contributed by atoms with E-state index in [9.17, 15) is 4.79 Å². The third-order valence-corrected chi connectivity index (χ3v) is 2.91. The van der Waals surface area contributed by atoms with Gasteiger partial charge in [-0.1, -0.05) is 18.2 Å². The van der Waals surface area contributed by atoms with Crippen LogP contribution < -0.4 is 5.32 Å². The monoisotopic (exact) mass is 246 g/mol. The van der Waals surface area contributed by atoms with Crippen molar-refractivity contribution in [2.75, 3.05) is 6.54 Å². The van der Waals surface area contributed by atoms with Gasteiger partial charge >= 0.3 is 0 Å². The fourth-order valence-corrected chi connectivity index (χ4v) is 2.02. The van der Waals surface area contributed by atoms with Crippen molar-refractivity contribution in [3.05, 3.63) is 36.0 Å². The highest BCUT2D eigenvalue weighted by Crippen LogP contribution is 2.18. The number of fused-ring (bicyclic) bond motifs is 1. The Hall–Kier alpha value is -1.81. The number of hydrogen-bond donors (Lipinski definition) is 2. The molecule has 4 heteroatoms. The van der Waals surface area contributed by atoms with Gasteiger partial charge in [-0.3, -0.25) is 4.79 Å². The van der Waals surface area contributed by atoms with Gasteiger partial charge in [0.15, 0.2) is 0 Å². The van der Waals surface area contributed by atoms with Crippen LogP contribution in [-0.2, 0) is 11.3 Å². The lowest BCUT2D eigenvalue weighted by molar-refractivity contribution is -0.122. The summed E-state index contributed by atoms with van der Waals surface area (Å²) < 4.78 is 1.98. The molecule has 0 saturated carbocycles. The number of amides is 1. The van der Waals surface area contributed by atoms with Crippen molar-refractivity contribution in [1.82, 2.24) is 9.88 Å². The Morgan fingerprint density at radius 1 is 1.44 bits per heavy atom. The summed E-state index contributed by atoms with van der Waals surface area (Å²) in [5.74, 6) is -0.0830. The third-order valence-electron chi connectivity index (χ3n) is 2.91. The number of nitrogens with zero attached hydrogens (tertiary/aromatic N) is 1. The van der Waals surface area contributed by atoms with Gasteiger partial charge < -0.3 is 15.0 Å². The third kappa shape index (κ3) is 2.71. The van der Waals surface area contributed by atoms with Crippen LogP contribution in [0.4, 0.5) is 0 Å². The molecule has 1 amide bonds. The predicted molar refractivity (Wildman–Crippen MR) is 71.4 cm³/mol. The zero-order chi connectivity index (χ0) is 13.1. The molecule has 1 aromatic heterocycles. The Morgan fingerprint density at radius 3 is 2.89 bits per heavy atom. The van der Waals surface area contributed by atoms with E-state index in [0.29, 0.717) is 0 Å². The number of carbonyl (C=O) groups excluding carboxylic acids is 1. The second-order valence-corrected chi connectivity index (χ2v) is 4.58. The van der Waals surface area contributed by atoms with Gasteiger partial charge in [0.05, 0.1) is 6.10 Å². The lowest BCUT2D eigenvalue weighted by Crippen LogP contribution is -2.33. The average molecular weight is 246 g/mol. The maximum Gasteiger partial charge on any atom is 0.240 e. The molecule has 1 heterocycles. The van der Waals surface area contributed by atoms with Gasteiger partial charge in [0.25, 0.3) is 0 Å². The molecular weight excluding hydrogens is 228 g/mol. The normalized spacial score (nSPS) is 12.6. The zero-order valence-corrected chi connectivity index (χ0v) is 10.7. The van der Waals surface area contributed by atoms with Crippen LogP contribution in [0.3, 0.4) is 0 Å². The van der Waals surface area contributed by atoms with E-state index in [1.54, 1.807) is 6.92 Å². The van der Waals surface area contributed by atoms with E-state index in [2.05, 4.69) is 11.4 Å². The standard InChI is InChI=1S/C14H18N2O2/c1-10-7-12-5-3-4-6-13(12)16(10)9-14(18)15-8-11(2)17/h3-7,11,17H,8-9H2,1-2H3,(H,15,18)/t11-/m0/s1. The molecule has 0 aliphatic rings. The SMILES string of the molecule is Cc1cc2ccccc2n1CC(=O)NC[C@H](C)O. The van der Waals surface area contributed by atoms with E-state index in [4.69, 9.17) is 5.11 Å². The van der Waals surface area contributed by atoms with Crippen molar-refractivity contribution in [3.8, 4) is 0 Å². The van der Waals surface area contributed by atoms with Crippen LogP contribution in [0, 0.1) is 6.92 Å². The topological polar surface area (TPSA) is 54.3 Å². The van der Waals surface area contributed by atoms with Crippen molar-refractivity contribution >= 4 is 16.8 Å². The number of aliphatic hydroxyl groups is 1. The molecule has 1 aromatic carbocycles. The molecule has 4 nitrogen and oxygen atoms in total. The average Bonchev–Trinajstić information content (AvgIpc) is 2.64. The number of rotatable bonds is 4. The van der Waals surface area contributed by atoms with Gasteiger partial charge in [0, 0.05) is 17.8 Å². The number of aliphatic hydroxyl groups excluding tert-OH is 1. The summed E-state index contributed by atoms with van der Waals surface area (Å²) >= 11 is 0. The largest absolute Gasteiger partial charge is 0.392 e. The van der Waals surface area contributed by atoms with Crippen LogP contribution in [0.2, 0.25) is 0 Å². The van der Waals surface area contributed by atoms with E-state index in [1.807, 2.05) is 35.8 Å². The highest BCUT2D eigenvalue weighted by atomic mass is 16.3. The van der Waals surface area contributed by atoms with Crippen LogP contribution in [-0.4, -0.2) is 28.2 Å². The van der Waals surface area contributed by atoms with E-state index in [1.165, 1.54) is 0 Å². The highest BCUT2D eigenvalue weighted by molar-refractivity contribution is 5.84. The maximum atomic E-state index is 11.8. The van der Waals surface area contributed by atoms with Crippen molar-refractivity contribution in [3.63, 3.8) is 0 Å². The molecule has 2 N–H and O–H groups in total. The molecule has 96 valence electrons. The molecule has 1 atom stereocenters. The van der Waals surface area contributed by atoms with Gasteiger partial charge in [-0.2, -0.15) is 0 Å². The molecular formula is C14H18N2O2. The molecule has 0 aliphatic heterocycles. The highest BCUT2D eigenvalue weighted by Gasteiger charge is 2.09. The summed E-state index contributed by atoms with van der Waals surface area (Å²) in [5.41, 5.74) is 2.12. The number of para-hydroxylation sites is 1. The van der Waals surface area contributed by atoms with Crippen LogP contribution in [0.5, 0.6) is 0 Å². The van der Waals surface area contributed by atoms with Gasteiger partial charge in [-0.25, -0.2) is 0 Å². The van der Waals surface area contributed by atoms with Crippen molar-refractivity contribution in [2.45, 2.75) is 26.5 Å². The van der Waals surface area contributed by atoms with Gasteiger partial charge in [-0.05, 0) is 31.4 Å². The smallest absolute Gasteiger partial charge is 0.240 e. The molecule has 0 aliphatic carbocycles. The van der Waals surface area contributed by atoms with Crippen LogP contribution in [0.25, 0.3) is 10.9 Å². The molecule has 2 rings (SSSR count). The molecule has 0 fully saturated rings. The van der Waals surface area contributed by atoms with Crippen molar-refractivity contribution < 1.29 is 9.90 Å². The van der Waals surface area contributed by atoms with Crippen LogP contribution in [0.15, 0.2) is 30.3 Å². The summed E-state index contributed by atoms with van der Waals surface area (Å²) in [6.07, 6.45) is -0.517. The minimum absolute atomic E-state index is 0.0830. The number of hydrogen-bond acceptors (Lipinski definition) is 2. The summed E-state index contributed by atoms with van der Waals surface area (Å²) in [6, 6.07) is 10.1. The van der Waals surface area contributed by atoms with E-state index >= 15 is 0 Å². The quantitative estimate of drug-likeness (QED) is 0.858.